The van der Waals surface area contributed by atoms with Gasteiger partial charge in [0.15, 0.2) is 0 Å². The maximum atomic E-state index is 5.98. The van der Waals surface area contributed by atoms with Crippen LogP contribution in [0.1, 0.15) is 17.4 Å². The quantitative estimate of drug-likeness (QED) is 0.836. The number of imidazole rings is 1. The van der Waals surface area contributed by atoms with Gasteiger partial charge in [-0.3, -0.25) is 0 Å². The third-order valence-corrected chi connectivity index (χ3v) is 2.49. The van der Waals surface area contributed by atoms with Gasteiger partial charge in [-0.25, -0.2) is 4.98 Å². The highest BCUT2D eigenvalue weighted by atomic mass is 35.5. The summed E-state index contributed by atoms with van der Waals surface area (Å²) in [5.74, 6) is 0.810. The Labute approximate surface area is 93.3 Å². The molecule has 1 atom stereocenters. The van der Waals surface area contributed by atoms with Gasteiger partial charge in [0.05, 0.1) is 6.04 Å². The maximum absolute atomic E-state index is 5.98. The average Bonchev–Trinajstić information content (AvgIpc) is 2.74. The molecule has 3 nitrogen and oxygen atoms in total. The Morgan fingerprint density at radius 3 is 2.67 bits per heavy atom. The number of halogens is 1. The largest absolute Gasteiger partial charge is 0.347 e. The van der Waals surface area contributed by atoms with Crippen LogP contribution >= 0.6 is 11.6 Å². The van der Waals surface area contributed by atoms with Gasteiger partial charge in [0.1, 0.15) is 5.82 Å². The van der Waals surface area contributed by atoms with Crippen LogP contribution in [-0.4, -0.2) is 9.97 Å². The fourth-order valence-electron chi connectivity index (χ4n) is 1.45. The molecule has 1 aromatic carbocycles. The predicted molar refractivity (Wildman–Crippen MR) is 60.7 cm³/mol. The van der Waals surface area contributed by atoms with Crippen molar-refractivity contribution in [1.29, 1.82) is 0 Å². The van der Waals surface area contributed by atoms with Gasteiger partial charge in [-0.2, -0.15) is 0 Å². The van der Waals surface area contributed by atoms with E-state index in [0.717, 1.165) is 22.8 Å². The number of rotatable bonds is 3. The summed E-state index contributed by atoms with van der Waals surface area (Å²) in [7, 11) is 0. The van der Waals surface area contributed by atoms with E-state index in [1.807, 2.05) is 24.3 Å². The van der Waals surface area contributed by atoms with Crippen LogP contribution in [0.4, 0.5) is 0 Å². The molecule has 4 heteroatoms. The first-order chi connectivity index (χ1) is 7.25. The van der Waals surface area contributed by atoms with Gasteiger partial charge >= 0.3 is 0 Å². The highest BCUT2D eigenvalue weighted by molar-refractivity contribution is 6.30. The van der Waals surface area contributed by atoms with Gasteiger partial charge in [0.25, 0.3) is 0 Å². The summed E-state index contributed by atoms with van der Waals surface area (Å²) in [5, 5.41) is 0.741. The van der Waals surface area contributed by atoms with Crippen LogP contribution in [0.5, 0.6) is 0 Å². The zero-order chi connectivity index (χ0) is 10.7. The highest BCUT2D eigenvalue weighted by Crippen LogP contribution is 2.15. The minimum Gasteiger partial charge on any atom is -0.347 e. The summed E-state index contributed by atoms with van der Waals surface area (Å²) in [4.78, 5) is 7.13. The average molecular weight is 222 g/mol. The van der Waals surface area contributed by atoms with Crippen molar-refractivity contribution >= 4 is 11.6 Å². The smallest absolute Gasteiger partial charge is 0.123 e. The number of nitrogens with one attached hydrogen (secondary N) is 1. The minimum absolute atomic E-state index is 0.0961. The number of aromatic nitrogens is 2. The Bertz CT molecular complexity index is 408. The third kappa shape index (κ3) is 2.58. The Kier molecular flexibility index (Phi) is 3.04. The molecule has 0 amide bonds. The lowest BCUT2D eigenvalue weighted by molar-refractivity contribution is 0.677. The monoisotopic (exact) mass is 221 g/mol. The van der Waals surface area contributed by atoms with E-state index in [1.165, 1.54) is 0 Å². The number of hydrogen-bond acceptors (Lipinski definition) is 2. The molecule has 0 bridgehead atoms. The standard InChI is InChI=1S/C11H12ClN3/c12-9-3-1-8(2-4-9)7-10(13)11-14-5-6-15-11/h1-6,10H,7,13H2,(H,14,15). The summed E-state index contributed by atoms with van der Waals surface area (Å²) in [6.07, 6.45) is 4.23. The van der Waals surface area contributed by atoms with Crippen molar-refractivity contribution in [2.45, 2.75) is 12.5 Å². The number of nitrogens with two attached hydrogens (primary N) is 1. The Morgan fingerprint density at radius 2 is 2.07 bits per heavy atom. The van der Waals surface area contributed by atoms with E-state index in [4.69, 9.17) is 17.3 Å². The molecule has 3 N–H and O–H groups in total. The van der Waals surface area contributed by atoms with Crippen molar-refractivity contribution in [3.63, 3.8) is 0 Å². The molecular weight excluding hydrogens is 210 g/mol. The number of aromatic amines is 1. The van der Waals surface area contributed by atoms with Crippen molar-refractivity contribution in [3.05, 3.63) is 53.1 Å². The van der Waals surface area contributed by atoms with Gasteiger partial charge in [-0.05, 0) is 24.1 Å². The van der Waals surface area contributed by atoms with Crippen LogP contribution in [0.2, 0.25) is 5.02 Å². The van der Waals surface area contributed by atoms with Crippen LogP contribution < -0.4 is 5.73 Å². The molecule has 0 saturated heterocycles. The van der Waals surface area contributed by atoms with Gasteiger partial charge in [-0.1, -0.05) is 23.7 Å². The molecule has 78 valence electrons. The predicted octanol–water partition coefficient (Wildman–Crippen LogP) is 2.31. The summed E-state index contributed by atoms with van der Waals surface area (Å²) in [5.41, 5.74) is 7.14. The second kappa shape index (κ2) is 4.47. The first-order valence-electron chi connectivity index (χ1n) is 4.75. The van der Waals surface area contributed by atoms with Gasteiger partial charge in [0.2, 0.25) is 0 Å². The van der Waals surface area contributed by atoms with Crippen molar-refractivity contribution in [2.75, 3.05) is 0 Å². The van der Waals surface area contributed by atoms with Crippen molar-refractivity contribution in [1.82, 2.24) is 9.97 Å². The highest BCUT2D eigenvalue weighted by Gasteiger charge is 2.08. The fraction of sp³-hybridized carbons (Fsp3) is 0.182. The lowest BCUT2D eigenvalue weighted by atomic mass is 10.1. The first kappa shape index (κ1) is 10.2. The normalized spacial score (nSPS) is 12.7. The summed E-state index contributed by atoms with van der Waals surface area (Å²) >= 11 is 5.80. The summed E-state index contributed by atoms with van der Waals surface area (Å²) in [6.45, 7) is 0. The van der Waals surface area contributed by atoms with Crippen LogP contribution in [0.15, 0.2) is 36.7 Å². The van der Waals surface area contributed by atoms with E-state index < -0.39 is 0 Å². The molecular formula is C11H12ClN3. The van der Waals surface area contributed by atoms with Crippen LogP contribution in [0.25, 0.3) is 0 Å². The minimum atomic E-state index is -0.0961. The van der Waals surface area contributed by atoms with Crippen molar-refractivity contribution < 1.29 is 0 Å². The Morgan fingerprint density at radius 1 is 1.33 bits per heavy atom. The van der Waals surface area contributed by atoms with Crippen molar-refractivity contribution in [3.8, 4) is 0 Å². The molecule has 0 fully saturated rings. The Hall–Kier alpha value is -1.32. The second-order valence-corrected chi connectivity index (χ2v) is 3.85. The SMILES string of the molecule is NC(Cc1ccc(Cl)cc1)c1ncc[nH]1. The summed E-state index contributed by atoms with van der Waals surface area (Å²) < 4.78 is 0. The van der Waals surface area contributed by atoms with Gasteiger partial charge in [0, 0.05) is 17.4 Å². The van der Waals surface area contributed by atoms with Gasteiger partial charge in [-0.15, -0.1) is 0 Å². The van der Waals surface area contributed by atoms with Gasteiger partial charge < -0.3 is 10.7 Å². The second-order valence-electron chi connectivity index (χ2n) is 3.41. The topological polar surface area (TPSA) is 54.7 Å². The molecule has 1 unspecified atom stereocenters. The molecule has 0 aliphatic rings. The molecule has 0 aliphatic carbocycles. The van der Waals surface area contributed by atoms with E-state index >= 15 is 0 Å². The Balaban J connectivity index is 2.06. The zero-order valence-corrected chi connectivity index (χ0v) is 8.91. The molecule has 0 saturated carbocycles. The fourth-order valence-corrected chi connectivity index (χ4v) is 1.58. The molecule has 15 heavy (non-hydrogen) atoms. The van der Waals surface area contributed by atoms with Crippen LogP contribution in [0, 0.1) is 0 Å². The molecule has 0 radical (unpaired) electrons. The number of benzene rings is 1. The maximum Gasteiger partial charge on any atom is 0.123 e. The zero-order valence-electron chi connectivity index (χ0n) is 8.15. The molecule has 0 aliphatic heterocycles. The molecule has 1 aromatic heterocycles. The number of hydrogen-bond donors (Lipinski definition) is 2. The lowest BCUT2D eigenvalue weighted by Crippen LogP contribution is -2.14. The van der Waals surface area contributed by atoms with Crippen LogP contribution in [0.3, 0.4) is 0 Å². The molecule has 2 rings (SSSR count). The van der Waals surface area contributed by atoms with Crippen LogP contribution in [-0.2, 0) is 6.42 Å². The number of nitrogens with zero attached hydrogens (tertiary/aromatic N) is 1. The van der Waals surface area contributed by atoms with Crippen molar-refractivity contribution in [2.24, 2.45) is 5.73 Å². The molecule has 0 spiro atoms. The summed E-state index contributed by atoms with van der Waals surface area (Å²) in [6, 6.07) is 7.59. The third-order valence-electron chi connectivity index (χ3n) is 2.24. The first-order valence-corrected chi connectivity index (χ1v) is 5.13. The van der Waals surface area contributed by atoms with E-state index in [2.05, 4.69) is 9.97 Å². The molecule has 2 aromatic rings. The lowest BCUT2D eigenvalue weighted by Gasteiger charge is -2.08. The van der Waals surface area contributed by atoms with E-state index in [1.54, 1.807) is 12.4 Å². The van der Waals surface area contributed by atoms with E-state index in [9.17, 15) is 0 Å². The van der Waals surface area contributed by atoms with E-state index in [0.29, 0.717) is 0 Å². The van der Waals surface area contributed by atoms with E-state index in [-0.39, 0.29) is 6.04 Å². The number of H-pyrrole nitrogens is 1. The molecule has 1 heterocycles.